The minimum atomic E-state index is -0.206. The first-order chi connectivity index (χ1) is 13.0. The van der Waals surface area contributed by atoms with Crippen molar-refractivity contribution in [2.24, 2.45) is 0 Å². The van der Waals surface area contributed by atoms with E-state index < -0.39 is 0 Å². The summed E-state index contributed by atoms with van der Waals surface area (Å²) in [6.07, 6.45) is 0.594. The molecule has 1 aliphatic rings. The Morgan fingerprint density at radius 1 is 1.15 bits per heavy atom. The van der Waals surface area contributed by atoms with Crippen LogP contribution in [-0.4, -0.2) is 38.6 Å². The van der Waals surface area contributed by atoms with Gasteiger partial charge in [-0.2, -0.15) is 0 Å². The summed E-state index contributed by atoms with van der Waals surface area (Å²) in [7, 11) is 3.13. The zero-order valence-electron chi connectivity index (χ0n) is 15.8. The first-order valence-electron chi connectivity index (χ1n) is 8.87. The molecule has 3 rings (SSSR count). The van der Waals surface area contributed by atoms with Gasteiger partial charge in [-0.05, 0) is 24.6 Å². The average Bonchev–Trinajstić information content (AvgIpc) is 3.01. The number of nitrogens with one attached hydrogen (secondary N) is 1. The lowest BCUT2D eigenvalue weighted by molar-refractivity contribution is -0.121. The van der Waals surface area contributed by atoms with E-state index in [1.807, 2.05) is 37.3 Å². The van der Waals surface area contributed by atoms with E-state index in [-0.39, 0.29) is 24.3 Å². The predicted octanol–water partition coefficient (Wildman–Crippen LogP) is 2.48. The summed E-state index contributed by atoms with van der Waals surface area (Å²) in [4.78, 5) is 26.4. The molecule has 27 heavy (non-hydrogen) atoms. The van der Waals surface area contributed by atoms with Crippen molar-refractivity contribution >= 4 is 17.5 Å². The number of hydrogen-bond donors (Lipinski definition) is 1. The van der Waals surface area contributed by atoms with Crippen LogP contribution in [-0.2, 0) is 16.0 Å². The van der Waals surface area contributed by atoms with Gasteiger partial charge in [-0.1, -0.05) is 29.8 Å². The molecule has 0 saturated carbocycles. The van der Waals surface area contributed by atoms with E-state index in [0.717, 1.165) is 16.8 Å². The Morgan fingerprint density at radius 2 is 1.93 bits per heavy atom. The van der Waals surface area contributed by atoms with Crippen LogP contribution in [0, 0.1) is 6.92 Å². The largest absolute Gasteiger partial charge is 0.493 e. The van der Waals surface area contributed by atoms with Gasteiger partial charge in [0.2, 0.25) is 11.8 Å². The van der Waals surface area contributed by atoms with Gasteiger partial charge >= 0.3 is 0 Å². The molecule has 0 aromatic heterocycles. The van der Waals surface area contributed by atoms with E-state index in [4.69, 9.17) is 9.47 Å². The van der Waals surface area contributed by atoms with Crippen molar-refractivity contribution in [1.29, 1.82) is 0 Å². The van der Waals surface area contributed by atoms with E-state index in [2.05, 4.69) is 5.32 Å². The minimum Gasteiger partial charge on any atom is -0.493 e. The van der Waals surface area contributed by atoms with Crippen LogP contribution in [0.15, 0.2) is 42.5 Å². The zero-order chi connectivity index (χ0) is 19.4. The summed E-state index contributed by atoms with van der Waals surface area (Å²) >= 11 is 0. The molecule has 1 saturated heterocycles. The predicted molar refractivity (Wildman–Crippen MR) is 103 cm³/mol. The summed E-state index contributed by atoms with van der Waals surface area (Å²) in [6, 6.07) is 13.0. The highest BCUT2D eigenvalue weighted by molar-refractivity contribution is 5.97. The van der Waals surface area contributed by atoms with Crippen molar-refractivity contribution in [1.82, 2.24) is 5.32 Å². The van der Waals surface area contributed by atoms with Crippen molar-refractivity contribution in [3.8, 4) is 11.5 Å². The number of methoxy groups -OCH3 is 2. The van der Waals surface area contributed by atoms with Crippen LogP contribution < -0.4 is 19.7 Å². The molecule has 1 unspecified atom stereocenters. The third kappa shape index (κ3) is 4.39. The number of carbonyl (C=O) groups excluding carboxylic acids is 2. The topological polar surface area (TPSA) is 67.9 Å². The number of carbonyl (C=O) groups is 2. The zero-order valence-corrected chi connectivity index (χ0v) is 15.8. The second-order valence-corrected chi connectivity index (χ2v) is 6.68. The first kappa shape index (κ1) is 18.8. The number of hydrogen-bond acceptors (Lipinski definition) is 4. The standard InChI is InChI=1S/C21H24N2O4/c1-14-5-4-6-15(9-14)10-20(24)22-16-11-21(25)23(13-16)17-7-8-18(26-2)19(12-17)27-3/h4-9,12,16H,10-11,13H2,1-3H3,(H,22,24). The Balaban J connectivity index is 1.64. The number of benzene rings is 2. The average molecular weight is 368 g/mol. The van der Waals surface area contributed by atoms with Crippen LogP contribution >= 0.6 is 0 Å². The molecule has 1 heterocycles. The molecule has 2 aromatic rings. The molecule has 2 aromatic carbocycles. The Labute approximate surface area is 159 Å². The molecule has 0 spiro atoms. The lowest BCUT2D eigenvalue weighted by Gasteiger charge is -2.19. The second kappa shape index (κ2) is 8.12. The van der Waals surface area contributed by atoms with E-state index in [1.165, 1.54) is 0 Å². The van der Waals surface area contributed by atoms with Crippen LogP contribution in [0.1, 0.15) is 17.5 Å². The number of amides is 2. The van der Waals surface area contributed by atoms with Gasteiger partial charge in [-0.15, -0.1) is 0 Å². The van der Waals surface area contributed by atoms with E-state index in [1.54, 1.807) is 31.3 Å². The first-order valence-corrected chi connectivity index (χ1v) is 8.87. The fraction of sp³-hybridized carbons (Fsp3) is 0.333. The summed E-state index contributed by atoms with van der Waals surface area (Å²) in [5.41, 5.74) is 2.82. The Morgan fingerprint density at radius 3 is 2.63 bits per heavy atom. The lowest BCUT2D eigenvalue weighted by atomic mass is 10.1. The molecular formula is C21H24N2O4. The van der Waals surface area contributed by atoms with Gasteiger partial charge in [0, 0.05) is 24.7 Å². The molecule has 1 fully saturated rings. The third-order valence-corrected chi connectivity index (χ3v) is 4.62. The maximum absolute atomic E-state index is 12.4. The fourth-order valence-electron chi connectivity index (χ4n) is 3.33. The summed E-state index contributed by atoms with van der Waals surface area (Å²) < 4.78 is 10.5. The number of rotatable bonds is 6. The van der Waals surface area contributed by atoms with Gasteiger partial charge in [0.1, 0.15) is 0 Å². The van der Waals surface area contributed by atoms with Crippen LogP contribution in [0.25, 0.3) is 0 Å². The molecule has 1 aliphatic heterocycles. The van der Waals surface area contributed by atoms with Crippen LogP contribution in [0.5, 0.6) is 11.5 Å². The summed E-state index contributed by atoms with van der Waals surface area (Å²) in [5, 5.41) is 2.97. The van der Waals surface area contributed by atoms with Gasteiger partial charge in [0.15, 0.2) is 11.5 Å². The summed E-state index contributed by atoms with van der Waals surface area (Å²) in [5.74, 6) is 1.07. The highest BCUT2D eigenvalue weighted by Gasteiger charge is 2.32. The Kier molecular flexibility index (Phi) is 5.64. The van der Waals surface area contributed by atoms with E-state index >= 15 is 0 Å². The molecule has 142 valence electrons. The van der Waals surface area contributed by atoms with Gasteiger partial charge in [0.05, 0.1) is 26.7 Å². The number of ether oxygens (including phenoxy) is 2. The van der Waals surface area contributed by atoms with Crippen molar-refractivity contribution in [2.45, 2.75) is 25.8 Å². The Bertz CT molecular complexity index is 850. The molecule has 6 nitrogen and oxygen atoms in total. The number of nitrogens with zero attached hydrogens (tertiary/aromatic N) is 1. The smallest absolute Gasteiger partial charge is 0.229 e. The van der Waals surface area contributed by atoms with Crippen molar-refractivity contribution in [3.63, 3.8) is 0 Å². The van der Waals surface area contributed by atoms with Crippen LogP contribution in [0.4, 0.5) is 5.69 Å². The molecular weight excluding hydrogens is 344 g/mol. The highest BCUT2D eigenvalue weighted by atomic mass is 16.5. The quantitative estimate of drug-likeness (QED) is 0.851. The number of anilines is 1. The van der Waals surface area contributed by atoms with Crippen molar-refractivity contribution in [2.75, 3.05) is 25.7 Å². The molecule has 1 atom stereocenters. The van der Waals surface area contributed by atoms with Gasteiger partial charge < -0.3 is 19.7 Å². The SMILES string of the molecule is COc1ccc(N2CC(NC(=O)Cc3cccc(C)c3)CC2=O)cc1OC. The van der Waals surface area contributed by atoms with Gasteiger partial charge in [-0.3, -0.25) is 9.59 Å². The molecule has 0 aliphatic carbocycles. The molecule has 6 heteroatoms. The molecule has 0 radical (unpaired) electrons. The second-order valence-electron chi connectivity index (χ2n) is 6.68. The van der Waals surface area contributed by atoms with E-state index in [9.17, 15) is 9.59 Å². The minimum absolute atomic E-state index is 0.0249. The van der Waals surface area contributed by atoms with Crippen LogP contribution in [0.3, 0.4) is 0 Å². The number of aryl methyl sites for hydroxylation is 1. The highest BCUT2D eigenvalue weighted by Crippen LogP contribution is 2.33. The van der Waals surface area contributed by atoms with Crippen LogP contribution in [0.2, 0.25) is 0 Å². The van der Waals surface area contributed by atoms with E-state index in [0.29, 0.717) is 24.5 Å². The van der Waals surface area contributed by atoms with Gasteiger partial charge in [-0.25, -0.2) is 0 Å². The maximum atomic E-state index is 12.4. The maximum Gasteiger partial charge on any atom is 0.229 e. The monoisotopic (exact) mass is 368 g/mol. The molecule has 2 amide bonds. The lowest BCUT2D eigenvalue weighted by Crippen LogP contribution is -2.38. The fourth-order valence-corrected chi connectivity index (χ4v) is 3.33. The normalized spacial score (nSPS) is 16.3. The summed E-state index contributed by atoms with van der Waals surface area (Å²) in [6.45, 7) is 2.44. The Hall–Kier alpha value is -3.02. The molecule has 0 bridgehead atoms. The van der Waals surface area contributed by atoms with Gasteiger partial charge in [0.25, 0.3) is 0 Å². The van der Waals surface area contributed by atoms with Crippen molar-refractivity contribution < 1.29 is 19.1 Å². The third-order valence-electron chi connectivity index (χ3n) is 4.62. The van der Waals surface area contributed by atoms with Crippen molar-refractivity contribution in [3.05, 3.63) is 53.6 Å². The molecule has 1 N–H and O–H groups in total.